The molecule has 0 saturated carbocycles. The molecule has 0 unspecified atom stereocenters. The Morgan fingerprint density at radius 2 is 1.61 bits per heavy atom. The molecule has 1 N–H and O–H groups in total. The summed E-state index contributed by atoms with van der Waals surface area (Å²) in [5.41, 5.74) is 2.44. The second-order valence-electron chi connectivity index (χ2n) is 5.62. The van der Waals surface area contributed by atoms with Gasteiger partial charge in [-0.1, -0.05) is 44.5 Å². The normalized spacial score (nSPS) is 13.3. The number of halogens is 1. The fraction of sp³-hybridized carbons (Fsp3) is 0.316. The molecule has 4 heteroatoms. The fourth-order valence-electron chi connectivity index (χ4n) is 2.11. The summed E-state index contributed by atoms with van der Waals surface area (Å²) in [6.07, 6.45) is 0.951. The molecule has 122 valence electrons. The van der Waals surface area contributed by atoms with Gasteiger partial charge in [-0.15, -0.1) is 11.6 Å². The van der Waals surface area contributed by atoms with Crippen LogP contribution in [0.25, 0.3) is 11.1 Å². The number of ether oxygens (including phenoxy) is 1. The Bertz CT molecular complexity index is 635. The second-order valence-corrected chi connectivity index (χ2v) is 6.18. The smallest absolute Gasteiger partial charge is 0.338 e. The summed E-state index contributed by atoms with van der Waals surface area (Å²) >= 11 is 6.18. The molecule has 0 spiro atoms. The number of aromatic hydroxyl groups is 1. The molecule has 2 rings (SSSR count). The Morgan fingerprint density at radius 1 is 1.09 bits per heavy atom. The number of hydrogen-bond donors (Lipinski definition) is 1. The number of benzene rings is 2. The van der Waals surface area contributed by atoms with Crippen LogP contribution in [0.3, 0.4) is 0 Å². The van der Waals surface area contributed by atoms with Crippen molar-refractivity contribution in [2.45, 2.75) is 25.6 Å². The predicted molar refractivity (Wildman–Crippen MR) is 92.9 cm³/mol. The maximum atomic E-state index is 12.0. The molecule has 0 aliphatic carbocycles. The highest BCUT2D eigenvalue weighted by molar-refractivity contribution is 6.21. The Hall–Kier alpha value is -2.00. The van der Waals surface area contributed by atoms with Gasteiger partial charge in [-0.05, 0) is 41.3 Å². The summed E-state index contributed by atoms with van der Waals surface area (Å²) in [7, 11) is 0. The zero-order valence-electron chi connectivity index (χ0n) is 13.3. The fourth-order valence-corrected chi connectivity index (χ4v) is 2.35. The number of carbonyl (C=O) groups is 1. The third-order valence-electron chi connectivity index (χ3n) is 3.96. The van der Waals surface area contributed by atoms with Crippen molar-refractivity contribution in [3.63, 3.8) is 0 Å². The lowest BCUT2D eigenvalue weighted by molar-refractivity contribution is 0.0489. The lowest BCUT2D eigenvalue weighted by Gasteiger charge is -2.16. The average molecular weight is 333 g/mol. The molecule has 0 fully saturated rings. The lowest BCUT2D eigenvalue weighted by Crippen LogP contribution is -2.20. The van der Waals surface area contributed by atoms with E-state index < -0.39 is 0 Å². The van der Waals surface area contributed by atoms with Crippen LogP contribution in [-0.2, 0) is 4.74 Å². The van der Waals surface area contributed by atoms with Gasteiger partial charge < -0.3 is 9.84 Å². The third-order valence-corrected chi connectivity index (χ3v) is 4.51. The van der Waals surface area contributed by atoms with E-state index in [4.69, 9.17) is 16.3 Å². The molecule has 0 aliphatic heterocycles. The Morgan fingerprint density at radius 3 is 2.13 bits per heavy atom. The maximum absolute atomic E-state index is 12.0. The number of hydrogen-bond acceptors (Lipinski definition) is 3. The van der Waals surface area contributed by atoms with Crippen LogP contribution in [0.5, 0.6) is 5.75 Å². The lowest BCUT2D eigenvalue weighted by atomic mass is 10.0. The molecule has 0 bridgehead atoms. The van der Waals surface area contributed by atoms with Crippen molar-refractivity contribution >= 4 is 17.6 Å². The summed E-state index contributed by atoms with van der Waals surface area (Å²) in [5, 5.41) is 9.14. The Labute approximate surface area is 141 Å². The van der Waals surface area contributed by atoms with Crippen LogP contribution < -0.4 is 0 Å². The van der Waals surface area contributed by atoms with Crippen LogP contribution in [-0.4, -0.2) is 23.1 Å². The van der Waals surface area contributed by atoms with Gasteiger partial charge in [0.05, 0.1) is 10.9 Å². The van der Waals surface area contributed by atoms with Crippen molar-refractivity contribution in [2.75, 3.05) is 6.61 Å². The first-order valence-electron chi connectivity index (χ1n) is 7.72. The number of rotatable bonds is 6. The molecule has 0 amide bonds. The molecular formula is C19H21ClO3. The summed E-state index contributed by atoms with van der Waals surface area (Å²) < 4.78 is 5.27. The molecule has 2 aromatic rings. The van der Waals surface area contributed by atoms with Crippen LogP contribution in [0.4, 0.5) is 0 Å². The van der Waals surface area contributed by atoms with Crippen LogP contribution in [0.2, 0.25) is 0 Å². The first-order valence-corrected chi connectivity index (χ1v) is 8.15. The third kappa shape index (κ3) is 4.73. The van der Waals surface area contributed by atoms with Crippen molar-refractivity contribution < 1.29 is 14.6 Å². The van der Waals surface area contributed by atoms with Crippen LogP contribution in [0.1, 0.15) is 30.6 Å². The number of esters is 1. The minimum Gasteiger partial charge on any atom is -0.508 e. The highest BCUT2D eigenvalue weighted by atomic mass is 35.5. The highest BCUT2D eigenvalue weighted by Gasteiger charge is 2.16. The Kier molecular flexibility index (Phi) is 6.05. The van der Waals surface area contributed by atoms with Gasteiger partial charge in [0.2, 0.25) is 0 Å². The molecule has 23 heavy (non-hydrogen) atoms. The van der Waals surface area contributed by atoms with Gasteiger partial charge in [0.1, 0.15) is 12.4 Å². The SMILES string of the molecule is CC[C@H](C)[C@H](Cl)COC(=O)c1ccc(-c2ccc(O)cc2)cc1. The Balaban J connectivity index is 1.99. The maximum Gasteiger partial charge on any atom is 0.338 e. The number of phenolic OH excluding ortho intramolecular Hbond substituents is 1. The van der Waals surface area contributed by atoms with Crippen LogP contribution in [0, 0.1) is 5.92 Å². The first kappa shape index (κ1) is 17.4. The van der Waals surface area contributed by atoms with E-state index in [0.717, 1.165) is 17.5 Å². The van der Waals surface area contributed by atoms with Gasteiger partial charge in [-0.2, -0.15) is 0 Å². The van der Waals surface area contributed by atoms with Gasteiger partial charge in [0.25, 0.3) is 0 Å². The number of alkyl halides is 1. The molecule has 0 heterocycles. The van der Waals surface area contributed by atoms with Gasteiger partial charge in [0.15, 0.2) is 0 Å². The monoisotopic (exact) mass is 332 g/mol. The minimum absolute atomic E-state index is 0.166. The highest BCUT2D eigenvalue weighted by Crippen LogP contribution is 2.22. The summed E-state index contributed by atoms with van der Waals surface area (Å²) in [5.74, 6) is 0.170. The summed E-state index contributed by atoms with van der Waals surface area (Å²) in [6, 6.07) is 14.1. The van der Waals surface area contributed by atoms with Crippen molar-refractivity contribution in [3.8, 4) is 16.9 Å². The first-order chi connectivity index (χ1) is 11.0. The molecular weight excluding hydrogens is 312 g/mol. The van der Waals surface area contributed by atoms with E-state index in [1.807, 2.05) is 31.2 Å². The molecule has 2 atom stereocenters. The molecule has 0 saturated heterocycles. The van der Waals surface area contributed by atoms with E-state index >= 15 is 0 Å². The van der Waals surface area contributed by atoms with E-state index in [9.17, 15) is 9.90 Å². The van der Waals surface area contributed by atoms with Crippen molar-refractivity contribution in [2.24, 2.45) is 5.92 Å². The topological polar surface area (TPSA) is 46.5 Å². The molecule has 3 nitrogen and oxygen atoms in total. The van der Waals surface area contributed by atoms with E-state index in [-0.39, 0.29) is 23.7 Å². The minimum atomic E-state index is -0.365. The molecule has 0 aliphatic rings. The van der Waals surface area contributed by atoms with Gasteiger partial charge in [-0.25, -0.2) is 4.79 Å². The van der Waals surface area contributed by atoms with Gasteiger partial charge in [-0.3, -0.25) is 0 Å². The van der Waals surface area contributed by atoms with E-state index in [2.05, 4.69) is 6.92 Å². The predicted octanol–water partition coefficient (Wildman–Crippen LogP) is 4.87. The van der Waals surface area contributed by atoms with Crippen molar-refractivity contribution in [1.82, 2.24) is 0 Å². The van der Waals surface area contributed by atoms with Crippen molar-refractivity contribution in [3.05, 3.63) is 54.1 Å². The number of phenols is 1. The van der Waals surface area contributed by atoms with Crippen LogP contribution in [0.15, 0.2) is 48.5 Å². The zero-order chi connectivity index (χ0) is 16.8. The molecule has 2 aromatic carbocycles. The molecule has 0 aromatic heterocycles. The standard InChI is InChI=1S/C19H21ClO3/c1-3-13(2)18(20)12-23-19(22)16-6-4-14(5-7-16)15-8-10-17(21)11-9-15/h4-11,13,18,21H,3,12H2,1-2H3/t13-,18+/m0/s1. The number of carbonyl (C=O) groups excluding carboxylic acids is 1. The average Bonchev–Trinajstić information content (AvgIpc) is 2.59. The van der Waals surface area contributed by atoms with Gasteiger partial charge >= 0.3 is 5.97 Å². The summed E-state index contributed by atoms with van der Waals surface area (Å²) in [4.78, 5) is 12.0. The quantitative estimate of drug-likeness (QED) is 0.606. The zero-order valence-corrected chi connectivity index (χ0v) is 14.1. The van der Waals surface area contributed by atoms with Gasteiger partial charge in [0, 0.05) is 0 Å². The van der Waals surface area contributed by atoms with E-state index in [1.165, 1.54) is 0 Å². The summed E-state index contributed by atoms with van der Waals surface area (Å²) in [6.45, 7) is 4.32. The second kappa shape index (κ2) is 8.02. The van der Waals surface area contributed by atoms with E-state index in [0.29, 0.717) is 11.5 Å². The van der Waals surface area contributed by atoms with Crippen molar-refractivity contribution in [1.29, 1.82) is 0 Å². The van der Waals surface area contributed by atoms with Crippen LogP contribution >= 0.6 is 11.6 Å². The largest absolute Gasteiger partial charge is 0.508 e. The molecule has 0 radical (unpaired) electrons. The van der Waals surface area contributed by atoms with E-state index in [1.54, 1.807) is 24.3 Å².